The fourth-order valence-corrected chi connectivity index (χ4v) is 1.90. The molecule has 23 heavy (non-hydrogen) atoms. The molecule has 0 saturated heterocycles. The number of carbonyl (C=O) groups is 1. The largest absolute Gasteiger partial charge is 0.502 e. The number of hydrazone groups is 1. The Labute approximate surface area is 135 Å². The highest BCUT2D eigenvalue weighted by atomic mass is 35.5. The van der Waals surface area contributed by atoms with E-state index >= 15 is 0 Å². The summed E-state index contributed by atoms with van der Waals surface area (Å²) < 4.78 is 0. The average molecular weight is 335 g/mol. The molecule has 8 nitrogen and oxygen atoms in total. The SMILES string of the molecule is O=C(N/N=C\c1cc(Cl)cc([N+](=O)[O-])c1O)Nc1ccccc1. The van der Waals surface area contributed by atoms with Crippen LogP contribution in [0.1, 0.15) is 5.56 Å². The number of hydrogen-bond acceptors (Lipinski definition) is 5. The molecule has 0 radical (unpaired) electrons. The number of nitrogens with one attached hydrogen (secondary N) is 2. The Balaban J connectivity index is 2.06. The van der Waals surface area contributed by atoms with Crippen LogP contribution in [-0.4, -0.2) is 22.3 Å². The second kappa shape index (κ2) is 7.23. The van der Waals surface area contributed by atoms with Crippen molar-refractivity contribution >= 4 is 35.2 Å². The zero-order valence-corrected chi connectivity index (χ0v) is 12.3. The summed E-state index contributed by atoms with van der Waals surface area (Å²) >= 11 is 5.74. The van der Waals surface area contributed by atoms with Crippen molar-refractivity contribution in [1.29, 1.82) is 0 Å². The van der Waals surface area contributed by atoms with Crippen molar-refractivity contribution in [2.24, 2.45) is 5.10 Å². The number of anilines is 1. The summed E-state index contributed by atoms with van der Waals surface area (Å²) in [5.41, 5.74) is 2.20. The van der Waals surface area contributed by atoms with Gasteiger partial charge in [0.25, 0.3) is 0 Å². The van der Waals surface area contributed by atoms with Crippen molar-refractivity contribution in [2.45, 2.75) is 0 Å². The first-order valence-corrected chi connectivity index (χ1v) is 6.67. The Morgan fingerprint density at radius 1 is 1.30 bits per heavy atom. The number of benzene rings is 2. The molecule has 0 aromatic heterocycles. The van der Waals surface area contributed by atoms with Crippen LogP contribution in [0.2, 0.25) is 5.02 Å². The summed E-state index contributed by atoms with van der Waals surface area (Å²) in [6.07, 6.45) is 1.05. The van der Waals surface area contributed by atoms with Crippen LogP contribution < -0.4 is 10.7 Å². The lowest BCUT2D eigenvalue weighted by molar-refractivity contribution is -0.385. The summed E-state index contributed by atoms with van der Waals surface area (Å²) in [6.45, 7) is 0. The molecule has 2 aromatic carbocycles. The fourth-order valence-electron chi connectivity index (χ4n) is 1.68. The second-order valence-electron chi connectivity index (χ2n) is 4.31. The molecule has 3 N–H and O–H groups in total. The number of urea groups is 1. The number of nitro groups is 1. The van der Waals surface area contributed by atoms with Crippen LogP contribution in [0.15, 0.2) is 47.6 Å². The van der Waals surface area contributed by atoms with Gasteiger partial charge in [0.05, 0.1) is 11.1 Å². The van der Waals surface area contributed by atoms with E-state index in [1.54, 1.807) is 30.3 Å². The van der Waals surface area contributed by atoms with E-state index < -0.39 is 22.4 Å². The Bertz CT molecular complexity index is 765. The van der Waals surface area contributed by atoms with Crippen molar-refractivity contribution in [3.63, 3.8) is 0 Å². The summed E-state index contributed by atoms with van der Waals surface area (Å²) in [5.74, 6) is -0.589. The Morgan fingerprint density at radius 3 is 2.65 bits per heavy atom. The molecule has 2 aromatic rings. The Morgan fingerprint density at radius 2 is 2.00 bits per heavy atom. The lowest BCUT2D eigenvalue weighted by Gasteiger charge is -2.04. The smallest absolute Gasteiger partial charge is 0.339 e. The number of aromatic hydroxyl groups is 1. The van der Waals surface area contributed by atoms with Crippen molar-refractivity contribution < 1.29 is 14.8 Å². The molecule has 0 aliphatic carbocycles. The van der Waals surface area contributed by atoms with Gasteiger partial charge in [-0.2, -0.15) is 5.10 Å². The number of nitrogens with zero attached hydrogens (tertiary/aromatic N) is 2. The molecule has 0 atom stereocenters. The van der Waals surface area contributed by atoms with E-state index in [9.17, 15) is 20.0 Å². The van der Waals surface area contributed by atoms with Gasteiger partial charge < -0.3 is 10.4 Å². The van der Waals surface area contributed by atoms with Gasteiger partial charge in [-0.25, -0.2) is 10.2 Å². The highest BCUT2D eigenvalue weighted by molar-refractivity contribution is 6.31. The molecule has 0 aliphatic rings. The van der Waals surface area contributed by atoms with E-state index in [-0.39, 0.29) is 10.6 Å². The van der Waals surface area contributed by atoms with E-state index in [1.807, 2.05) is 0 Å². The summed E-state index contributed by atoms with van der Waals surface area (Å²) in [4.78, 5) is 21.6. The Kier molecular flexibility index (Phi) is 5.11. The quantitative estimate of drug-likeness (QED) is 0.452. The molecular formula is C14H11ClN4O4. The van der Waals surface area contributed by atoms with Crippen LogP contribution in [-0.2, 0) is 0 Å². The van der Waals surface area contributed by atoms with E-state index in [0.29, 0.717) is 5.69 Å². The van der Waals surface area contributed by atoms with E-state index in [1.165, 1.54) is 6.07 Å². The van der Waals surface area contributed by atoms with E-state index in [2.05, 4.69) is 15.8 Å². The predicted octanol–water partition coefficient (Wildman–Crippen LogP) is 3.11. The number of halogens is 1. The van der Waals surface area contributed by atoms with Crippen molar-refractivity contribution in [1.82, 2.24) is 5.43 Å². The van der Waals surface area contributed by atoms with Crippen molar-refractivity contribution in [2.75, 3.05) is 5.32 Å². The summed E-state index contributed by atoms with van der Waals surface area (Å²) in [6, 6.07) is 10.4. The molecule has 0 saturated carbocycles. The maximum atomic E-state index is 11.6. The maximum Gasteiger partial charge on any atom is 0.339 e. The van der Waals surface area contributed by atoms with E-state index in [0.717, 1.165) is 12.3 Å². The normalized spacial score (nSPS) is 10.5. The average Bonchev–Trinajstić information content (AvgIpc) is 2.51. The van der Waals surface area contributed by atoms with Gasteiger partial charge in [-0.15, -0.1) is 0 Å². The predicted molar refractivity (Wildman–Crippen MR) is 86.0 cm³/mol. The zero-order valence-electron chi connectivity index (χ0n) is 11.6. The van der Waals surface area contributed by atoms with Gasteiger partial charge in [-0.3, -0.25) is 10.1 Å². The molecule has 0 bridgehead atoms. The van der Waals surface area contributed by atoms with Crippen LogP contribution in [0.5, 0.6) is 5.75 Å². The number of amides is 2. The number of nitro benzene ring substituents is 1. The summed E-state index contributed by atoms with van der Waals surface area (Å²) in [5, 5.41) is 26.7. The first kappa shape index (κ1) is 16.2. The molecule has 0 heterocycles. The molecule has 2 rings (SSSR count). The van der Waals surface area contributed by atoms with Gasteiger partial charge in [0.15, 0.2) is 0 Å². The van der Waals surface area contributed by atoms with Gasteiger partial charge in [0, 0.05) is 22.3 Å². The third-order valence-corrected chi connectivity index (χ3v) is 2.90. The summed E-state index contributed by atoms with van der Waals surface area (Å²) in [7, 11) is 0. The van der Waals surface area contributed by atoms with Crippen LogP contribution >= 0.6 is 11.6 Å². The van der Waals surface area contributed by atoms with Crippen molar-refractivity contribution in [3.05, 3.63) is 63.2 Å². The van der Waals surface area contributed by atoms with Gasteiger partial charge in [-0.05, 0) is 18.2 Å². The molecule has 118 valence electrons. The monoisotopic (exact) mass is 334 g/mol. The van der Waals surface area contributed by atoms with Crippen LogP contribution in [0.25, 0.3) is 0 Å². The number of phenolic OH excluding ortho intramolecular Hbond substituents is 1. The molecule has 0 fully saturated rings. The van der Waals surface area contributed by atoms with Crippen molar-refractivity contribution in [3.8, 4) is 5.75 Å². The van der Waals surface area contributed by atoms with Gasteiger partial charge >= 0.3 is 11.7 Å². The molecular weight excluding hydrogens is 324 g/mol. The topological polar surface area (TPSA) is 117 Å². The van der Waals surface area contributed by atoms with Gasteiger partial charge in [0.2, 0.25) is 5.75 Å². The van der Waals surface area contributed by atoms with E-state index in [4.69, 9.17) is 11.6 Å². The standard InChI is InChI=1S/C14H11ClN4O4/c15-10-6-9(13(20)12(7-10)19(22)23)8-16-18-14(21)17-11-4-2-1-3-5-11/h1-8,20H,(H2,17,18,21)/b16-8-. The van der Waals surface area contributed by atoms with Crippen LogP contribution in [0.4, 0.5) is 16.2 Å². The lowest BCUT2D eigenvalue weighted by atomic mass is 10.2. The number of carbonyl (C=O) groups excluding carboxylic acids is 1. The molecule has 0 unspecified atom stereocenters. The number of hydrogen-bond donors (Lipinski definition) is 3. The first-order valence-electron chi connectivity index (χ1n) is 6.29. The second-order valence-corrected chi connectivity index (χ2v) is 4.75. The zero-order chi connectivity index (χ0) is 16.8. The minimum Gasteiger partial charge on any atom is -0.502 e. The first-order chi connectivity index (χ1) is 11.0. The number of rotatable bonds is 4. The number of para-hydroxylation sites is 1. The van der Waals surface area contributed by atoms with Crippen LogP contribution in [0.3, 0.4) is 0 Å². The molecule has 2 amide bonds. The lowest BCUT2D eigenvalue weighted by Crippen LogP contribution is -2.24. The molecule has 9 heteroatoms. The van der Waals surface area contributed by atoms with Gasteiger partial charge in [-0.1, -0.05) is 29.8 Å². The van der Waals surface area contributed by atoms with Crippen LogP contribution in [0, 0.1) is 10.1 Å². The fraction of sp³-hybridized carbons (Fsp3) is 0. The molecule has 0 spiro atoms. The minimum atomic E-state index is -0.770. The highest BCUT2D eigenvalue weighted by Crippen LogP contribution is 2.32. The third-order valence-electron chi connectivity index (χ3n) is 2.68. The van der Waals surface area contributed by atoms with Gasteiger partial charge in [0.1, 0.15) is 0 Å². The Hall–Kier alpha value is -3.13. The highest BCUT2D eigenvalue weighted by Gasteiger charge is 2.17. The number of phenols is 1. The third kappa shape index (κ3) is 4.42. The molecule has 0 aliphatic heterocycles. The maximum absolute atomic E-state index is 11.6. The minimum absolute atomic E-state index is 0.00390.